The summed E-state index contributed by atoms with van der Waals surface area (Å²) in [5.74, 6) is -0.247. The van der Waals surface area contributed by atoms with E-state index < -0.39 is 12.0 Å². The van der Waals surface area contributed by atoms with Gasteiger partial charge in [0.2, 0.25) is 5.91 Å². The number of carboxylic acid groups (broad SMARTS) is 1. The molecule has 1 unspecified atom stereocenters. The summed E-state index contributed by atoms with van der Waals surface area (Å²) < 4.78 is 21.5. The Morgan fingerprint density at radius 3 is 2.63 bits per heavy atom. The Morgan fingerprint density at radius 1 is 1.26 bits per heavy atom. The van der Waals surface area contributed by atoms with Gasteiger partial charge in [0.1, 0.15) is 11.5 Å². The molecule has 1 heterocycles. The predicted molar refractivity (Wildman–Crippen MR) is 97.1 cm³/mol. The first-order chi connectivity index (χ1) is 13.0. The average Bonchev–Trinajstić information content (AvgIpc) is 2.67. The third-order valence-corrected chi connectivity index (χ3v) is 4.38. The lowest BCUT2D eigenvalue weighted by Gasteiger charge is -2.23. The molecule has 1 saturated heterocycles. The van der Waals surface area contributed by atoms with Crippen molar-refractivity contribution in [3.05, 3.63) is 23.8 Å². The second-order valence-electron chi connectivity index (χ2n) is 6.26. The molecule has 150 valence electrons. The molecule has 0 saturated carbocycles. The highest BCUT2D eigenvalue weighted by atomic mass is 16.5. The van der Waals surface area contributed by atoms with Crippen LogP contribution in [0.25, 0.3) is 0 Å². The van der Waals surface area contributed by atoms with Crippen LogP contribution >= 0.6 is 0 Å². The van der Waals surface area contributed by atoms with Gasteiger partial charge in [-0.2, -0.15) is 0 Å². The van der Waals surface area contributed by atoms with Gasteiger partial charge >= 0.3 is 5.97 Å². The Hall–Kier alpha value is -2.32. The third kappa shape index (κ3) is 6.73. The quantitative estimate of drug-likeness (QED) is 0.638. The first-order valence-electron chi connectivity index (χ1n) is 8.96. The van der Waals surface area contributed by atoms with E-state index in [-0.39, 0.29) is 31.5 Å². The summed E-state index contributed by atoms with van der Waals surface area (Å²) in [7, 11) is 3.02. The van der Waals surface area contributed by atoms with Crippen LogP contribution in [-0.2, 0) is 19.1 Å². The van der Waals surface area contributed by atoms with Gasteiger partial charge < -0.3 is 29.4 Å². The van der Waals surface area contributed by atoms with Crippen LogP contribution in [0.2, 0.25) is 0 Å². The monoisotopic (exact) mass is 381 g/mol. The molecule has 0 bridgehead atoms. The number of carboxylic acids is 1. The highest BCUT2D eigenvalue weighted by Crippen LogP contribution is 2.31. The Labute approximate surface area is 158 Å². The van der Waals surface area contributed by atoms with Gasteiger partial charge in [-0.05, 0) is 25.0 Å². The molecule has 0 aliphatic carbocycles. The van der Waals surface area contributed by atoms with Crippen molar-refractivity contribution in [2.45, 2.75) is 37.8 Å². The highest BCUT2D eigenvalue weighted by molar-refractivity contribution is 5.78. The van der Waals surface area contributed by atoms with Crippen LogP contribution in [0.3, 0.4) is 0 Å². The van der Waals surface area contributed by atoms with Crippen LogP contribution in [0, 0.1) is 0 Å². The standard InChI is InChI=1S/C19H27NO7/c1-24-14-3-4-15(17(11-14)25-2)16(12-19(22)23)20-18(21)7-10-27-13-5-8-26-9-6-13/h3-4,11,13,16H,5-10,12H2,1-2H3,(H,20,21)(H,22,23). The molecule has 1 fully saturated rings. The molecule has 8 heteroatoms. The van der Waals surface area contributed by atoms with E-state index >= 15 is 0 Å². The van der Waals surface area contributed by atoms with Gasteiger partial charge in [0.15, 0.2) is 0 Å². The van der Waals surface area contributed by atoms with Crippen molar-refractivity contribution < 1.29 is 33.6 Å². The van der Waals surface area contributed by atoms with E-state index in [2.05, 4.69) is 5.32 Å². The zero-order chi connectivity index (χ0) is 19.6. The van der Waals surface area contributed by atoms with Crippen molar-refractivity contribution >= 4 is 11.9 Å². The first-order valence-corrected chi connectivity index (χ1v) is 8.96. The summed E-state index contributed by atoms with van der Waals surface area (Å²) in [5, 5.41) is 12.0. The van der Waals surface area contributed by atoms with E-state index in [1.165, 1.54) is 14.2 Å². The fourth-order valence-electron chi connectivity index (χ4n) is 2.95. The molecule has 0 aromatic heterocycles. The van der Waals surface area contributed by atoms with Crippen molar-refractivity contribution in [3.8, 4) is 11.5 Å². The SMILES string of the molecule is COc1ccc(C(CC(=O)O)NC(=O)CCOC2CCOCC2)c(OC)c1. The molecule has 27 heavy (non-hydrogen) atoms. The summed E-state index contributed by atoms with van der Waals surface area (Å²) in [6.07, 6.45) is 1.67. The molecular weight excluding hydrogens is 354 g/mol. The molecular formula is C19H27NO7. The van der Waals surface area contributed by atoms with E-state index in [0.717, 1.165) is 12.8 Å². The molecule has 0 spiro atoms. The lowest BCUT2D eigenvalue weighted by Crippen LogP contribution is -2.32. The van der Waals surface area contributed by atoms with Crippen LogP contribution in [0.15, 0.2) is 18.2 Å². The van der Waals surface area contributed by atoms with Gasteiger partial charge in [-0.15, -0.1) is 0 Å². The number of nitrogens with one attached hydrogen (secondary N) is 1. The number of rotatable bonds is 10. The molecule has 1 atom stereocenters. The van der Waals surface area contributed by atoms with E-state index in [1.807, 2.05) is 0 Å². The maximum absolute atomic E-state index is 12.3. The fraction of sp³-hybridized carbons (Fsp3) is 0.579. The molecule has 1 aromatic carbocycles. The molecule has 2 N–H and O–H groups in total. The number of ether oxygens (including phenoxy) is 4. The predicted octanol–water partition coefficient (Wildman–Crippen LogP) is 1.92. The number of hydrogen-bond donors (Lipinski definition) is 2. The lowest BCUT2D eigenvalue weighted by molar-refractivity contribution is -0.137. The summed E-state index contributed by atoms with van der Waals surface area (Å²) >= 11 is 0. The fourth-order valence-corrected chi connectivity index (χ4v) is 2.95. The van der Waals surface area contributed by atoms with Gasteiger partial charge in [-0.1, -0.05) is 0 Å². The summed E-state index contributed by atoms with van der Waals surface area (Å²) in [6, 6.07) is 4.35. The van der Waals surface area contributed by atoms with Gasteiger partial charge in [-0.25, -0.2) is 0 Å². The highest BCUT2D eigenvalue weighted by Gasteiger charge is 2.22. The number of carbonyl (C=O) groups is 2. The second-order valence-corrected chi connectivity index (χ2v) is 6.26. The van der Waals surface area contributed by atoms with Crippen molar-refractivity contribution in [1.82, 2.24) is 5.32 Å². The Balaban J connectivity index is 1.97. The van der Waals surface area contributed by atoms with E-state index in [9.17, 15) is 14.7 Å². The number of methoxy groups -OCH3 is 2. The maximum Gasteiger partial charge on any atom is 0.305 e. The molecule has 1 aliphatic heterocycles. The van der Waals surface area contributed by atoms with Gasteiger partial charge in [0.05, 0.1) is 39.4 Å². The van der Waals surface area contributed by atoms with Crippen LogP contribution in [0.4, 0.5) is 0 Å². The number of aliphatic carboxylic acids is 1. The molecule has 2 rings (SSSR count). The molecule has 1 amide bonds. The Morgan fingerprint density at radius 2 is 2.00 bits per heavy atom. The van der Waals surface area contributed by atoms with Gasteiger partial charge in [0.25, 0.3) is 0 Å². The largest absolute Gasteiger partial charge is 0.497 e. The van der Waals surface area contributed by atoms with E-state index in [1.54, 1.807) is 18.2 Å². The molecule has 1 aliphatic rings. The van der Waals surface area contributed by atoms with Crippen molar-refractivity contribution in [2.24, 2.45) is 0 Å². The Kier molecular flexibility index (Phi) is 8.35. The van der Waals surface area contributed by atoms with Crippen LogP contribution in [-0.4, -0.2) is 57.1 Å². The summed E-state index contributed by atoms with van der Waals surface area (Å²) in [5.41, 5.74) is 0.583. The van der Waals surface area contributed by atoms with Crippen molar-refractivity contribution in [2.75, 3.05) is 34.0 Å². The van der Waals surface area contributed by atoms with E-state index in [4.69, 9.17) is 18.9 Å². The zero-order valence-electron chi connectivity index (χ0n) is 15.7. The average molecular weight is 381 g/mol. The van der Waals surface area contributed by atoms with Crippen LogP contribution in [0.1, 0.15) is 37.3 Å². The number of benzene rings is 1. The minimum absolute atomic E-state index is 0.114. The second kappa shape index (κ2) is 10.7. The summed E-state index contributed by atoms with van der Waals surface area (Å²) in [6.45, 7) is 1.64. The van der Waals surface area contributed by atoms with Gasteiger partial charge in [-0.3, -0.25) is 9.59 Å². The van der Waals surface area contributed by atoms with Crippen molar-refractivity contribution in [3.63, 3.8) is 0 Å². The molecule has 0 radical (unpaired) electrons. The van der Waals surface area contributed by atoms with Crippen LogP contribution in [0.5, 0.6) is 11.5 Å². The lowest BCUT2D eigenvalue weighted by atomic mass is 10.0. The minimum Gasteiger partial charge on any atom is -0.497 e. The maximum atomic E-state index is 12.3. The first kappa shape index (κ1) is 21.0. The minimum atomic E-state index is -1.02. The molecule has 8 nitrogen and oxygen atoms in total. The molecule has 1 aromatic rings. The number of carbonyl (C=O) groups excluding carboxylic acids is 1. The Bertz CT molecular complexity index is 628. The van der Waals surface area contributed by atoms with Gasteiger partial charge in [0, 0.05) is 31.3 Å². The third-order valence-electron chi connectivity index (χ3n) is 4.38. The van der Waals surface area contributed by atoms with Crippen LogP contribution < -0.4 is 14.8 Å². The van der Waals surface area contributed by atoms with E-state index in [0.29, 0.717) is 30.3 Å². The topological polar surface area (TPSA) is 103 Å². The normalized spacial score (nSPS) is 15.8. The summed E-state index contributed by atoms with van der Waals surface area (Å²) in [4.78, 5) is 23.6. The zero-order valence-corrected chi connectivity index (χ0v) is 15.7. The van der Waals surface area contributed by atoms with Crippen molar-refractivity contribution in [1.29, 1.82) is 0 Å². The number of hydrogen-bond acceptors (Lipinski definition) is 6. The smallest absolute Gasteiger partial charge is 0.305 e. The number of amides is 1.